The predicted octanol–water partition coefficient (Wildman–Crippen LogP) is 1.22. The Bertz CT molecular complexity index is 655. The molecule has 0 fully saturated rings. The van der Waals surface area contributed by atoms with Crippen LogP contribution in [0.15, 0.2) is 30.3 Å². The molecular formula is C19H26N2O5. The van der Waals surface area contributed by atoms with Gasteiger partial charge in [-0.2, -0.15) is 0 Å². The van der Waals surface area contributed by atoms with Gasteiger partial charge in [0.1, 0.15) is 0 Å². The Hall–Kier alpha value is -2.67. The van der Waals surface area contributed by atoms with E-state index < -0.39 is 24.5 Å². The molecule has 0 aliphatic rings. The Labute approximate surface area is 153 Å². The molecule has 26 heavy (non-hydrogen) atoms. The van der Waals surface area contributed by atoms with Crippen molar-refractivity contribution < 1.29 is 24.2 Å². The number of carbonyl (C=O) groups excluding carboxylic acids is 3. The average Bonchev–Trinajstić information content (AvgIpc) is 2.64. The van der Waals surface area contributed by atoms with Gasteiger partial charge in [-0.15, -0.1) is 0 Å². The minimum Gasteiger partial charge on any atom is -0.467 e. The maximum atomic E-state index is 12.2. The Morgan fingerprint density at radius 2 is 2.04 bits per heavy atom. The lowest BCUT2D eigenvalue weighted by Gasteiger charge is -2.13. The SMILES string of the molecule is COC(=O)[C@H](CO)NC(=O)c1cccc(/C=C\CCCC(=O)N(C)C)c1. The highest BCUT2D eigenvalue weighted by molar-refractivity contribution is 5.97. The largest absolute Gasteiger partial charge is 0.467 e. The second-order valence-electron chi connectivity index (χ2n) is 5.94. The van der Waals surface area contributed by atoms with Crippen molar-refractivity contribution in [1.82, 2.24) is 10.2 Å². The van der Waals surface area contributed by atoms with Crippen LogP contribution in [0, 0.1) is 0 Å². The number of nitrogens with one attached hydrogen (secondary N) is 1. The van der Waals surface area contributed by atoms with Crippen molar-refractivity contribution >= 4 is 23.9 Å². The number of nitrogens with zero attached hydrogens (tertiary/aromatic N) is 1. The van der Waals surface area contributed by atoms with E-state index in [2.05, 4.69) is 10.1 Å². The van der Waals surface area contributed by atoms with E-state index in [1.165, 1.54) is 7.11 Å². The molecule has 0 unspecified atom stereocenters. The minimum absolute atomic E-state index is 0.0983. The summed E-state index contributed by atoms with van der Waals surface area (Å²) < 4.78 is 4.52. The van der Waals surface area contributed by atoms with Crippen LogP contribution in [0.1, 0.15) is 35.2 Å². The topological polar surface area (TPSA) is 95.9 Å². The fraction of sp³-hybridized carbons (Fsp3) is 0.421. The van der Waals surface area contributed by atoms with Crippen molar-refractivity contribution in [2.75, 3.05) is 27.8 Å². The molecule has 0 heterocycles. The van der Waals surface area contributed by atoms with Gasteiger partial charge in [-0.1, -0.05) is 24.3 Å². The van der Waals surface area contributed by atoms with E-state index in [4.69, 9.17) is 5.11 Å². The molecule has 0 saturated carbocycles. The highest BCUT2D eigenvalue weighted by Crippen LogP contribution is 2.09. The van der Waals surface area contributed by atoms with Crippen molar-refractivity contribution in [2.45, 2.75) is 25.3 Å². The molecule has 0 radical (unpaired) electrons. The molecule has 1 aromatic carbocycles. The number of aliphatic hydroxyl groups excluding tert-OH is 1. The summed E-state index contributed by atoms with van der Waals surface area (Å²) >= 11 is 0. The Balaban J connectivity index is 2.61. The van der Waals surface area contributed by atoms with Crippen LogP contribution < -0.4 is 5.32 Å². The van der Waals surface area contributed by atoms with Gasteiger partial charge in [0.2, 0.25) is 5.91 Å². The zero-order valence-electron chi connectivity index (χ0n) is 15.4. The lowest BCUT2D eigenvalue weighted by Crippen LogP contribution is -2.44. The molecule has 142 valence electrons. The number of amides is 2. The van der Waals surface area contributed by atoms with E-state index in [-0.39, 0.29) is 5.91 Å². The van der Waals surface area contributed by atoms with Crippen molar-refractivity contribution in [2.24, 2.45) is 0 Å². The average molecular weight is 362 g/mol. The monoisotopic (exact) mass is 362 g/mol. The van der Waals surface area contributed by atoms with E-state index >= 15 is 0 Å². The van der Waals surface area contributed by atoms with Gasteiger partial charge in [0.05, 0.1) is 13.7 Å². The van der Waals surface area contributed by atoms with Gasteiger partial charge < -0.3 is 20.1 Å². The van der Waals surface area contributed by atoms with Gasteiger partial charge in [-0.05, 0) is 30.5 Å². The molecule has 0 saturated heterocycles. The molecule has 0 aliphatic carbocycles. The van der Waals surface area contributed by atoms with Gasteiger partial charge in [0.15, 0.2) is 6.04 Å². The fourth-order valence-electron chi connectivity index (χ4n) is 2.16. The van der Waals surface area contributed by atoms with Gasteiger partial charge in [-0.25, -0.2) is 4.79 Å². The number of carbonyl (C=O) groups is 3. The Morgan fingerprint density at radius 1 is 1.31 bits per heavy atom. The number of unbranched alkanes of at least 4 members (excludes halogenated alkanes) is 1. The standard InChI is InChI=1S/C19H26N2O5/c1-21(2)17(23)11-6-4-5-8-14-9-7-10-15(12-14)18(24)20-16(13-22)19(25)26-3/h5,7-10,12,16,22H,4,6,11,13H2,1-3H3,(H,20,24)/b8-5-/t16-/m0/s1. The van der Waals surface area contributed by atoms with Crippen molar-refractivity contribution in [3.05, 3.63) is 41.5 Å². The molecule has 2 amide bonds. The molecule has 0 aliphatic heterocycles. The van der Waals surface area contributed by atoms with Crippen LogP contribution in [0.5, 0.6) is 0 Å². The normalized spacial score (nSPS) is 11.8. The van der Waals surface area contributed by atoms with E-state index in [0.717, 1.165) is 18.4 Å². The summed E-state index contributed by atoms with van der Waals surface area (Å²) in [4.78, 5) is 36.7. The molecule has 2 N–H and O–H groups in total. The van der Waals surface area contributed by atoms with Crippen LogP contribution in [-0.2, 0) is 14.3 Å². The molecule has 1 aromatic rings. The highest BCUT2D eigenvalue weighted by atomic mass is 16.5. The first-order valence-electron chi connectivity index (χ1n) is 8.35. The van der Waals surface area contributed by atoms with E-state index in [0.29, 0.717) is 12.0 Å². The first kappa shape index (κ1) is 21.4. The minimum atomic E-state index is -1.10. The number of hydrogen-bond donors (Lipinski definition) is 2. The number of methoxy groups -OCH3 is 1. The maximum absolute atomic E-state index is 12.2. The summed E-state index contributed by atoms with van der Waals surface area (Å²) in [6, 6.07) is 5.79. The number of rotatable bonds is 9. The van der Waals surface area contributed by atoms with Crippen LogP contribution in [-0.4, -0.2) is 61.6 Å². The zero-order valence-corrected chi connectivity index (χ0v) is 15.4. The molecule has 1 atom stereocenters. The van der Waals surface area contributed by atoms with Gasteiger partial charge in [0, 0.05) is 26.1 Å². The Kier molecular flexibility index (Phi) is 9.08. The van der Waals surface area contributed by atoms with Crippen LogP contribution in [0.3, 0.4) is 0 Å². The smallest absolute Gasteiger partial charge is 0.330 e. The van der Waals surface area contributed by atoms with Gasteiger partial charge >= 0.3 is 5.97 Å². The van der Waals surface area contributed by atoms with Crippen molar-refractivity contribution in [3.8, 4) is 0 Å². The van der Waals surface area contributed by atoms with Crippen LogP contribution in [0.2, 0.25) is 0 Å². The van der Waals surface area contributed by atoms with Gasteiger partial charge in [-0.3, -0.25) is 9.59 Å². The van der Waals surface area contributed by atoms with E-state index in [9.17, 15) is 14.4 Å². The molecule has 0 bridgehead atoms. The second kappa shape index (κ2) is 11.0. The summed E-state index contributed by atoms with van der Waals surface area (Å²) in [6.07, 6.45) is 5.83. The number of esters is 1. The first-order valence-corrected chi connectivity index (χ1v) is 8.35. The molecule has 7 heteroatoms. The Morgan fingerprint density at radius 3 is 2.65 bits per heavy atom. The lowest BCUT2D eigenvalue weighted by molar-refractivity contribution is -0.143. The molecule has 0 aromatic heterocycles. The molecule has 0 spiro atoms. The van der Waals surface area contributed by atoms with Crippen LogP contribution >= 0.6 is 0 Å². The summed E-state index contributed by atoms with van der Waals surface area (Å²) in [5.74, 6) is -1.08. The number of benzene rings is 1. The predicted molar refractivity (Wildman–Crippen MR) is 98.4 cm³/mol. The summed E-state index contributed by atoms with van der Waals surface area (Å²) in [5.41, 5.74) is 1.20. The lowest BCUT2D eigenvalue weighted by atomic mass is 10.1. The quantitative estimate of drug-likeness (QED) is 0.509. The summed E-state index contributed by atoms with van der Waals surface area (Å²) in [6.45, 7) is -0.538. The fourth-order valence-corrected chi connectivity index (χ4v) is 2.16. The van der Waals surface area contributed by atoms with Crippen LogP contribution in [0.4, 0.5) is 0 Å². The van der Waals surface area contributed by atoms with Crippen molar-refractivity contribution in [3.63, 3.8) is 0 Å². The van der Waals surface area contributed by atoms with Crippen molar-refractivity contribution in [1.29, 1.82) is 0 Å². The number of ether oxygens (including phenoxy) is 1. The zero-order chi connectivity index (χ0) is 19.5. The molecule has 7 nitrogen and oxygen atoms in total. The third kappa shape index (κ3) is 7.06. The van der Waals surface area contributed by atoms with Gasteiger partial charge in [0.25, 0.3) is 5.91 Å². The second-order valence-corrected chi connectivity index (χ2v) is 5.94. The number of allylic oxidation sites excluding steroid dienone is 1. The van der Waals surface area contributed by atoms with E-state index in [1.54, 1.807) is 37.2 Å². The maximum Gasteiger partial charge on any atom is 0.330 e. The van der Waals surface area contributed by atoms with E-state index in [1.807, 2.05) is 18.2 Å². The first-order chi connectivity index (χ1) is 12.4. The third-order valence-electron chi connectivity index (χ3n) is 3.69. The number of hydrogen-bond acceptors (Lipinski definition) is 5. The molecular weight excluding hydrogens is 336 g/mol. The third-order valence-corrected chi connectivity index (χ3v) is 3.69. The van der Waals surface area contributed by atoms with Crippen LogP contribution in [0.25, 0.3) is 6.08 Å². The summed E-state index contributed by atoms with van der Waals surface area (Å²) in [7, 11) is 4.65. The molecule has 1 rings (SSSR count). The highest BCUT2D eigenvalue weighted by Gasteiger charge is 2.21. The number of aliphatic hydroxyl groups is 1. The summed E-state index contributed by atoms with van der Waals surface area (Å²) in [5, 5.41) is 11.6.